The summed E-state index contributed by atoms with van der Waals surface area (Å²) < 4.78 is 13.0. The molecule has 3 heterocycles. The molecule has 9 heteroatoms. The van der Waals surface area contributed by atoms with E-state index in [1.807, 2.05) is 28.9 Å². The highest BCUT2D eigenvalue weighted by Gasteiger charge is 2.30. The number of halogens is 2. The average Bonchev–Trinajstić information content (AvgIpc) is 2.93. The largest absolute Gasteiger partial charge is 0.378 e. The Kier molecular flexibility index (Phi) is 8.28. The van der Waals surface area contributed by atoms with Crippen molar-refractivity contribution in [2.45, 2.75) is 25.6 Å². The molecule has 2 saturated heterocycles. The van der Waals surface area contributed by atoms with Crippen LogP contribution in [0.4, 0.5) is 0 Å². The van der Waals surface area contributed by atoms with Gasteiger partial charge in [-0.15, -0.1) is 24.8 Å². The first-order valence-corrected chi connectivity index (χ1v) is 7.43. The molecule has 7 nitrogen and oxygen atoms in total. The number of ether oxygens (including phenoxy) is 2. The van der Waals surface area contributed by atoms with E-state index >= 15 is 0 Å². The van der Waals surface area contributed by atoms with E-state index in [-0.39, 0.29) is 42.9 Å². The summed E-state index contributed by atoms with van der Waals surface area (Å²) >= 11 is 0. The molecule has 0 aromatic carbocycles. The fraction of sp³-hybridized carbons (Fsp3) is 0.714. The number of hydrogen-bond acceptors (Lipinski definition) is 5. The molecule has 132 valence electrons. The Morgan fingerprint density at radius 2 is 2.26 bits per heavy atom. The minimum absolute atomic E-state index is 0. The minimum Gasteiger partial charge on any atom is -0.378 e. The highest BCUT2D eigenvalue weighted by Crippen LogP contribution is 2.10. The van der Waals surface area contributed by atoms with Gasteiger partial charge < -0.3 is 19.7 Å². The van der Waals surface area contributed by atoms with Crippen molar-refractivity contribution in [3.05, 3.63) is 18.0 Å². The van der Waals surface area contributed by atoms with Gasteiger partial charge in [0.1, 0.15) is 6.04 Å². The summed E-state index contributed by atoms with van der Waals surface area (Å²) in [6, 6.07) is -0.218. The lowest BCUT2D eigenvalue weighted by Gasteiger charge is -2.36. The number of nitrogens with zero attached hydrogens (tertiary/aromatic N) is 3. The zero-order chi connectivity index (χ0) is 14.7. The summed E-state index contributed by atoms with van der Waals surface area (Å²) in [6.45, 7) is 6.37. The molecule has 2 unspecified atom stereocenters. The summed E-state index contributed by atoms with van der Waals surface area (Å²) in [5.41, 5.74) is 1.13. The normalized spacial score (nSPS) is 24.5. The highest BCUT2D eigenvalue weighted by atomic mass is 35.5. The Morgan fingerprint density at radius 3 is 2.91 bits per heavy atom. The molecule has 0 bridgehead atoms. The minimum atomic E-state index is -0.218. The third kappa shape index (κ3) is 5.32. The second-order valence-electron chi connectivity index (χ2n) is 5.60. The average molecular weight is 367 g/mol. The molecule has 0 aliphatic carbocycles. The van der Waals surface area contributed by atoms with E-state index in [4.69, 9.17) is 9.47 Å². The first kappa shape index (κ1) is 20.2. The van der Waals surface area contributed by atoms with Crippen LogP contribution in [0.15, 0.2) is 12.4 Å². The van der Waals surface area contributed by atoms with Gasteiger partial charge in [0.05, 0.1) is 38.7 Å². The molecule has 2 aliphatic heterocycles. The maximum Gasteiger partial charge on any atom is 0.242 e. The predicted molar refractivity (Wildman–Crippen MR) is 90.4 cm³/mol. The van der Waals surface area contributed by atoms with Crippen LogP contribution < -0.4 is 5.32 Å². The van der Waals surface area contributed by atoms with Gasteiger partial charge in [0, 0.05) is 25.8 Å². The lowest BCUT2D eigenvalue weighted by Crippen LogP contribution is -2.56. The number of carbonyl (C=O) groups excluding carboxylic acids is 1. The van der Waals surface area contributed by atoms with Crippen molar-refractivity contribution >= 4 is 30.7 Å². The number of aromatic nitrogens is 2. The van der Waals surface area contributed by atoms with Crippen molar-refractivity contribution in [2.75, 3.05) is 39.5 Å². The molecule has 23 heavy (non-hydrogen) atoms. The number of carbonyl (C=O) groups is 1. The van der Waals surface area contributed by atoms with Crippen LogP contribution in [0.5, 0.6) is 0 Å². The molecule has 1 aromatic rings. The first-order valence-electron chi connectivity index (χ1n) is 7.43. The Labute approximate surface area is 148 Å². The van der Waals surface area contributed by atoms with E-state index in [1.54, 1.807) is 0 Å². The zero-order valence-electron chi connectivity index (χ0n) is 13.1. The first-order chi connectivity index (χ1) is 10.2. The van der Waals surface area contributed by atoms with Gasteiger partial charge in [0.2, 0.25) is 5.91 Å². The zero-order valence-corrected chi connectivity index (χ0v) is 14.8. The molecule has 2 fully saturated rings. The van der Waals surface area contributed by atoms with Gasteiger partial charge in [-0.3, -0.25) is 9.48 Å². The summed E-state index contributed by atoms with van der Waals surface area (Å²) in [6.07, 6.45) is 3.81. The SMILES string of the molecule is Cc1cnn(CC2CN(C(=O)C3COCCN3)CCO2)c1.Cl.Cl. The van der Waals surface area contributed by atoms with Gasteiger partial charge >= 0.3 is 0 Å². The van der Waals surface area contributed by atoms with Crippen LogP contribution in [0, 0.1) is 6.92 Å². The van der Waals surface area contributed by atoms with Crippen LogP contribution >= 0.6 is 24.8 Å². The molecule has 0 saturated carbocycles. The quantitative estimate of drug-likeness (QED) is 0.830. The molecular weight excluding hydrogens is 343 g/mol. The van der Waals surface area contributed by atoms with Gasteiger partial charge in [-0.2, -0.15) is 5.10 Å². The van der Waals surface area contributed by atoms with Crippen molar-refractivity contribution in [2.24, 2.45) is 0 Å². The van der Waals surface area contributed by atoms with Gasteiger partial charge in [0.15, 0.2) is 0 Å². The molecule has 1 amide bonds. The van der Waals surface area contributed by atoms with Crippen LogP contribution in [-0.4, -0.2) is 72.2 Å². The van der Waals surface area contributed by atoms with E-state index in [0.29, 0.717) is 39.5 Å². The van der Waals surface area contributed by atoms with E-state index < -0.39 is 0 Å². The van der Waals surface area contributed by atoms with Crippen molar-refractivity contribution in [1.82, 2.24) is 20.0 Å². The summed E-state index contributed by atoms with van der Waals surface area (Å²) in [4.78, 5) is 14.3. The number of nitrogens with one attached hydrogen (secondary N) is 1. The molecular formula is C14H24Cl2N4O3. The summed E-state index contributed by atoms with van der Waals surface area (Å²) in [7, 11) is 0. The van der Waals surface area contributed by atoms with Crippen LogP contribution in [0.1, 0.15) is 5.56 Å². The van der Waals surface area contributed by atoms with Crippen LogP contribution in [0.25, 0.3) is 0 Å². The second-order valence-corrected chi connectivity index (χ2v) is 5.60. The second kappa shape index (κ2) is 9.44. The van der Waals surface area contributed by atoms with Gasteiger partial charge in [0.25, 0.3) is 0 Å². The third-order valence-electron chi connectivity index (χ3n) is 3.82. The molecule has 0 spiro atoms. The van der Waals surface area contributed by atoms with E-state index in [2.05, 4.69) is 10.4 Å². The lowest BCUT2D eigenvalue weighted by molar-refractivity contribution is -0.144. The number of hydrogen-bond donors (Lipinski definition) is 1. The topological polar surface area (TPSA) is 68.6 Å². The molecule has 1 aromatic heterocycles. The molecule has 0 radical (unpaired) electrons. The van der Waals surface area contributed by atoms with Gasteiger partial charge in [-0.1, -0.05) is 0 Å². The van der Waals surface area contributed by atoms with Gasteiger partial charge in [-0.25, -0.2) is 0 Å². The monoisotopic (exact) mass is 366 g/mol. The summed E-state index contributed by atoms with van der Waals surface area (Å²) in [5.74, 6) is 0.111. The van der Waals surface area contributed by atoms with Crippen molar-refractivity contribution in [3.8, 4) is 0 Å². The predicted octanol–water partition coefficient (Wildman–Crippen LogP) is 0.251. The fourth-order valence-corrected chi connectivity index (χ4v) is 2.75. The van der Waals surface area contributed by atoms with Crippen molar-refractivity contribution < 1.29 is 14.3 Å². The lowest BCUT2D eigenvalue weighted by atomic mass is 10.2. The third-order valence-corrected chi connectivity index (χ3v) is 3.82. The molecule has 1 N–H and O–H groups in total. The molecule has 3 rings (SSSR count). The Hall–Kier alpha value is -0.860. The molecule has 2 atom stereocenters. The Balaban J connectivity index is 0.00000132. The Bertz CT molecular complexity index is 494. The fourth-order valence-electron chi connectivity index (χ4n) is 2.75. The number of aryl methyl sites for hydroxylation is 1. The number of morpholine rings is 2. The number of rotatable bonds is 3. The van der Waals surface area contributed by atoms with Crippen LogP contribution in [0.2, 0.25) is 0 Å². The highest BCUT2D eigenvalue weighted by molar-refractivity contribution is 5.85. The van der Waals surface area contributed by atoms with E-state index in [9.17, 15) is 4.79 Å². The van der Waals surface area contributed by atoms with Crippen LogP contribution in [0.3, 0.4) is 0 Å². The molecule has 2 aliphatic rings. The maximum atomic E-state index is 12.5. The van der Waals surface area contributed by atoms with E-state index in [0.717, 1.165) is 12.1 Å². The Morgan fingerprint density at radius 1 is 1.43 bits per heavy atom. The van der Waals surface area contributed by atoms with Gasteiger partial charge in [-0.05, 0) is 12.5 Å². The number of amides is 1. The van der Waals surface area contributed by atoms with Crippen molar-refractivity contribution in [1.29, 1.82) is 0 Å². The van der Waals surface area contributed by atoms with Crippen molar-refractivity contribution in [3.63, 3.8) is 0 Å². The standard InChI is InChI=1S/C14H22N4O3.2ClH/c1-11-6-16-18(7-11)9-12-8-17(3-5-21-12)14(19)13-10-20-4-2-15-13;;/h6-7,12-13,15H,2-5,8-10H2,1H3;2*1H. The summed E-state index contributed by atoms with van der Waals surface area (Å²) in [5, 5.41) is 7.48. The van der Waals surface area contributed by atoms with E-state index in [1.165, 1.54) is 0 Å². The maximum absolute atomic E-state index is 12.5. The van der Waals surface area contributed by atoms with Crippen LogP contribution in [-0.2, 0) is 20.8 Å². The smallest absolute Gasteiger partial charge is 0.242 e.